The van der Waals surface area contributed by atoms with Crippen molar-refractivity contribution in [3.8, 4) is 5.88 Å². The summed E-state index contributed by atoms with van der Waals surface area (Å²) in [5.41, 5.74) is 0.894. The normalized spacial score (nSPS) is 12.5. The van der Waals surface area contributed by atoms with E-state index in [0.29, 0.717) is 19.0 Å². The minimum atomic E-state index is -0.989. The van der Waals surface area contributed by atoms with Crippen molar-refractivity contribution in [3.05, 3.63) is 10.2 Å². The van der Waals surface area contributed by atoms with Gasteiger partial charge in [-0.3, -0.25) is 0 Å². The fraction of sp³-hybridized carbons (Fsp3) is 0.667. The zero-order valence-electron chi connectivity index (χ0n) is 12.2. The summed E-state index contributed by atoms with van der Waals surface area (Å²) in [7, 11) is 5.41. The second kappa shape index (κ2) is 7.49. The van der Waals surface area contributed by atoms with E-state index in [2.05, 4.69) is 31.2 Å². The van der Waals surface area contributed by atoms with Crippen molar-refractivity contribution in [1.82, 2.24) is 20.0 Å². The van der Waals surface area contributed by atoms with Crippen LogP contribution in [0.15, 0.2) is 4.47 Å². The Morgan fingerprint density at radius 2 is 2.30 bits per heavy atom. The third-order valence-electron chi connectivity index (χ3n) is 2.84. The number of aryl methyl sites for hydroxylation is 1. The molecule has 114 valence electrons. The molecule has 1 heterocycles. The van der Waals surface area contributed by atoms with Gasteiger partial charge in [0.25, 0.3) is 0 Å². The molecule has 0 saturated heterocycles. The number of carbonyl (C=O) groups is 1. The lowest BCUT2D eigenvalue weighted by Gasteiger charge is -2.20. The molecule has 20 heavy (non-hydrogen) atoms. The number of halogens is 1. The molecule has 7 nitrogen and oxygen atoms in total. The van der Waals surface area contributed by atoms with E-state index in [1.807, 2.05) is 21.0 Å². The van der Waals surface area contributed by atoms with Crippen molar-refractivity contribution in [2.45, 2.75) is 13.5 Å². The van der Waals surface area contributed by atoms with Gasteiger partial charge in [0.1, 0.15) is 4.47 Å². The summed E-state index contributed by atoms with van der Waals surface area (Å²) in [4.78, 5) is 12.5. The number of nitrogens with one attached hydrogen (secondary N) is 1. The molecule has 0 aliphatic rings. The fourth-order valence-electron chi connectivity index (χ4n) is 2.04. The first-order valence-electron chi connectivity index (χ1n) is 6.25. The van der Waals surface area contributed by atoms with Crippen LogP contribution in [0.2, 0.25) is 0 Å². The molecule has 0 bridgehead atoms. The van der Waals surface area contributed by atoms with E-state index < -0.39 is 6.09 Å². The van der Waals surface area contributed by atoms with Gasteiger partial charge in [-0.1, -0.05) is 6.92 Å². The van der Waals surface area contributed by atoms with Crippen LogP contribution in [0.25, 0.3) is 0 Å². The second-order valence-electron chi connectivity index (χ2n) is 4.88. The summed E-state index contributed by atoms with van der Waals surface area (Å²) >= 11 is 3.48. The Morgan fingerprint density at radius 1 is 1.65 bits per heavy atom. The Bertz CT molecular complexity index is 464. The molecule has 1 atom stereocenters. The highest BCUT2D eigenvalue weighted by atomic mass is 79.9. The van der Waals surface area contributed by atoms with E-state index in [1.165, 1.54) is 0 Å². The average Bonchev–Trinajstić information content (AvgIpc) is 2.61. The molecule has 1 rings (SSSR count). The van der Waals surface area contributed by atoms with Crippen molar-refractivity contribution in [2.75, 3.05) is 27.2 Å². The van der Waals surface area contributed by atoms with Crippen molar-refractivity contribution in [3.63, 3.8) is 0 Å². The molecular weight excluding hydrogens is 328 g/mol. The SMILES string of the molecule is COc1c(Br)c(CN(C)CC(C)CNC(=O)O)nn1C. The Balaban J connectivity index is 2.54. The minimum absolute atomic E-state index is 0.223. The number of ether oxygens (including phenoxy) is 1. The van der Waals surface area contributed by atoms with Gasteiger partial charge >= 0.3 is 6.09 Å². The van der Waals surface area contributed by atoms with Crippen molar-refractivity contribution >= 4 is 22.0 Å². The Labute approximate surface area is 127 Å². The molecule has 1 amide bonds. The first kappa shape index (κ1) is 16.8. The van der Waals surface area contributed by atoms with Crippen LogP contribution in [0.1, 0.15) is 12.6 Å². The molecule has 1 unspecified atom stereocenters. The van der Waals surface area contributed by atoms with Gasteiger partial charge in [0, 0.05) is 26.7 Å². The predicted octanol–water partition coefficient (Wildman–Crippen LogP) is 1.53. The molecule has 0 aliphatic carbocycles. The number of methoxy groups -OCH3 is 1. The van der Waals surface area contributed by atoms with E-state index in [9.17, 15) is 4.79 Å². The van der Waals surface area contributed by atoms with Crippen LogP contribution in [-0.2, 0) is 13.6 Å². The van der Waals surface area contributed by atoms with Gasteiger partial charge in [0.05, 0.1) is 12.8 Å². The molecule has 0 spiro atoms. The molecule has 0 aromatic carbocycles. The Kier molecular flexibility index (Phi) is 6.28. The smallest absolute Gasteiger partial charge is 0.404 e. The van der Waals surface area contributed by atoms with Gasteiger partial charge in [-0.05, 0) is 28.9 Å². The molecule has 0 fully saturated rings. The predicted molar refractivity (Wildman–Crippen MR) is 79.0 cm³/mol. The highest BCUT2D eigenvalue weighted by Crippen LogP contribution is 2.28. The lowest BCUT2D eigenvalue weighted by atomic mass is 10.1. The van der Waals surface area contributed by atoms with E-state index in [1.54, 1.807) is 11.8 Å². The summed E-state index contributed by atoms with van der Waals surface area (Å²) in [6.45, 7) is 3.87. The van der Waals surface area contributed by atoms with Crippen molar-refractivity contribution in [2.24, 2.45) is 13.0 Å². The minimum Gasteiger partial charge on any atom is -0.480 e. The summed E-state index contributed by atoms with van der Waals surface area (Å²) in [5.74, 6) is 0.912. The molecule has 0 aliphatic heterocycles. The quantitative estimate of drug-likeness (QED) is 0.780. The van der Waals surface area contributed by atoms with Gasteiger partial charge in [-0.2, -0.15) is 5.10 Å². The summed E-state index contributed by atoms with van der Waals surface area (Å²) in [6.07, 6.45) is -0.989. The van der Waals surface area contributed by atoms with Gasteiger partial charge in [-0.15, -0.1) is 0 Å². The Morgan fingerprint density at radius 3 is 2.80 bits per heavy atom. The van der Waals surface area contributed by atoms with Crippen LogP contribution in [0.4, 0.5) is 4.79 Å². The number of hydrogen-bond donors (Lipinski definition) is 2. The lowest BCUT2D eigenvalue weighted by Crippen LogP contribution is -2.33. The maximum Gasteiger partial charge on any atom is 0.404 e. The largest absolute Gasteiger partial charge is 0.480 e. The number of nitrogens with zero attached hydrogens (tertiary/aromatic N) is 3. The zero-order valence-corrected chi connectivity index (χ0v) is 13.8. The Hall–Kier alpha value is -1.28. The van der Waals surface area contributed by atoms with Crippen molar-refractivity contribution in [1.29, 1.82) is 0 Å². The average molecular weight is 349 g/mol. The summed E-state index contributed by atoms with van der Waals surface area (Å²) in [6, 6.07) is 0. The van der Waals surface area contributed by atoms with E-state index in [-0.39, 0.29) is 5.92 Å². The van der Waals surface area contributed by atoms with Crippen LogP contribution >= 0.6 is 15.9 Å². The van der Waals surface area contributed by atoms with Gasteiger partial charge in [-0.25, -0.2) is 9.48 Å². The fourth-order valence-corrected chi connectivity index (χ4v) is 2.66. The maximum absolute atomic E-state index is 10.4. The topological polar surface area (TPSA) is 79.6 Å². The highest BCUT2D eigenvalue weighted by Gasteiger charge is 2.16. The first-order valence-corrected chi connectivity index (χ1v) is 7.05. The van der Waals surface area contributed by atoms with Crippen LogP contribution in [0, 0.1) is 5.92 Å². The molecule has 8 heteroatoms. The van der Waals surface area contributed by atoms with Crippen LogP contribution in [0.5, 0.6) is 5.88 Å². The molecule has 1 aromatic rings. The summed E-state index contributed by atoms with van der Waals surface area (Å²) < 4.78 is 7.78. The number of hydrogen-bond acceptors (Lipinski definition) is 4. The molecule has 2 N–H and O–H groups in total. The maximum atomic E-state index is 10.4. The molecular formula is C12H21BrN4O3. The zero-order chi connectivity index (χ0) is 15.3. The second-order valence-corrected chi connectivity index (χ2v) is 5.67. The van der Waals surface area contributed by atoms with Crippen LogP contribution in [-0.4, -0.2) is 53.1 Å². The number of amides is 1. The van der Waals surface area contributed by atoms with E-state index >= 15 is 0 Å². The highest BCUT2D eigenvalue weighted by molar-refractivity contribution is 9.10. The standard InChI is InChI=1S/C12H21BrN4O3/c1-8(5-14-12(18)19)6-16(2)7-9-10(13)11(20-4)17(3)15-9/h8,14H,5-7H2,1-4H3,(H,18,19). The van der Waals surface area contributed by atoms with Crippen LogP contribution in [0.3, 0.4) is 0 Å². The number of rotatable bonds is 7. The number of aromatic nitrogens is 2. The molecule has 0 saturated carbocycles. The monoisotopic (exact) mass is 348 g/mol. The first-order chi connectivity index (χ1) is 9.35. The van der Waals surface area contributed by atoms with Gasteiger partial charge < -0.3 is 20.1 Å². The van der Waals surface area contributed by atoms with Gasteiger partial charge in [0.2, 0.25) is 5.88 Å². The third-order valence-corrected chi connectivity index (χ3v) is 3.64. The van der Waals surface area contributed by atoms with E-state index in [0.717, 1.165) is 16.7 Å². The van der Waals surface area contributed by atoms with E-state index in [4.69, 9.17) is 9.84 Å². The lowest BCUT2D eigenvalue weighted by molar-refractivity contribution is 0.190. The third kappa shape index (κ3) is 4.68. The van der Waals surface area contributed by atoms with Crippen LogP contribution < -0.4 is 10.1 Å². The van der Waals surface area contributed by atoms with Crippen molar-refractivity contribution < 1.29 is 14.6 Å². The summed E-state index contributed by atoms with van der Waals surface area (Å²) in [5, 5.41) is 15.4. The number of carboxylic acid groups (broad SMARTS) is 1. The molecule has 0 radical (unpaired) electrons. The molecule has 1 aromatic heterocycles. The van der Waals surface area contributed by atoms with Gasteiger partial charge in [0.15, 0.2) is 0 Å².